The van der Waals surface area contributed by atoms with Crippen molar-refractivity contribution < 1.29 is 22.5 Å². The molecule has 0 spiro atoms. The van der Waals surface area contributed by atoms with Crippen LogP contribution in [0.1, 0.15) is 58.3 Å². The molecule has 3 aromatic rings. The van der Waals surface area contributed by atoms with Crippen molar-refractivity contribution in [2.75, 3.05) is 18.4 Å². The number of carbonyl (C=O) groups is 2. The van der Waals surface area contributed by atoms with E-state index in [1.54, 1.807) is 37.3 Å². The third-order valence-corrected chi connectivity index (χ3v) is 8.60. The van der Waals surface area contributed by atoms with Gasteiger partial charge in [-0.1, -0.05) is 47.1 Å². The molecule has 1 saturated heterocycles. The van der Waals surface area contributed by atoms with Gasteiger partial charge in [0.2, 0.25) is 15.9 Å². The summed E-state index contributed by atoms with van der Waals surface area (Å²) < 4.78 is 34.1. The Morgan fingerprint density at radius 1 is 1.11 bits per heavy atom. The van der Waals surface area contributed by atoms with E-state index in [1.807, 2.05) is 38.1 Å². The predicted octanol–water partition coefficient (Wildman–Crippen LogP) is 5.01. The minimum absolute atomic E-state index is 0.0178. The first-order chi connectivity index (χ1) is 17.6. The van der Waals surface area contributed by atoms with Gasteiger partial charge in [-0.15, -0.1) is 0 Å². The number of rotatable bonds is 7. The monoisotopic (exact) mass is 521 g/mol. The summed E-state index contributed by atoms with van der Waals surface area (Å²) in [5.74, 6) is -0.750. The van der Waals surface area contributed by atoms with Crippen molar-refractivity contribution in [2.24, 2.45) is 5.92 Å². The molecule has 1 aliphatic rings. The summed E-state index contributed by atoms with van der Waals surface area (Å²) in [4.78, 5) is 24.7. The second-order valence-corrected chi connectivity index (χ2v) is 11.4. The van der Waals surface area contributed by atoms with Crippen molar-refractivity contribution in [3.8, 4) is 0 Å². The number of carbonyl (C=O) groups excluding carboxylic acids is 2. The van der Waals surface area contributed by atoms with Gasteiger partial charge in [-0.2, -0.15) is 4.31 Å². The molecule has 2 aromatic carbocycles. The van der Waals surface area contributed by atoms with Crippen molar-refractivity contribution in [1.29, 1.82) is 0 Å². The minimum atomic E-state index is -3.96. The van der Waals surface area contributed by atoms with E-state index in [4.69, 9.17) is 4.52 Å². The van der Waals surface area contributed by atoms with Gasteiger partial charge in [0.1, 0.15) is 5.69 Å². The average molecular weight is 522 g/mol. The number of Topliss-reactive ketones (excluding diaryl/α,β-unsaturated/α-hetero) is 1. The number of piperidine rings is 1. The molecule has 4 rings (SSSR count). The number of aryl methyl sites for hydroxylation is 3. The van der Waals surface area contributed by atoms with Crippen LogP contribution < -0.4 is 5.32 Å². The third kappa shape index (κ3) is 5.89. The summed E-state index contributed by atoms with van der Waals surface area (Å²) >= 11 is 0. The lowest BCUT2D eigenvalue weighted by Crippen LogP contribution is -2.43. The number of ketones is 1. The van der Waals surface area contributed by atoms with Crippen LogP contribution in [0.3, 0.4) is 0 Å². The number of benzene rings is 2. The molecular formula is C28H31N3O5S. The van der Waals surface area contributed by atoms with Crippen LogP contribution in [0.4, 0.5) is 5.69 Å². The molecule has 2 heterocycles. The molecule has 1 amide bonds. The van der Waals surface area contributed by atoms with E-state index in [1.165, 1.54) is 11.2 Å². The van der Waals surface area contributed by atoms with E-state index in [2.05, 4.69) is 10.5 Å². The van der Waals surface area contributed by atoms with Gasteiger partial charge >= 0.3 is 0 Å². The molecule has 9 heteroatoms. The quantitative estimate of drug-likeness (QED) is 0.438. The summed E-state index contributed by atoms with van der Waals surface area (Å²) in [5, 5.41) is 6.75. The van der Waals surface area contributed by atoms with Crippen LogP contribution >= 0.6 is 0 Å². The Balaban J connectivity index is 1.54. The van der Waals surface area contributed by atoms with Crippen LogP contribution in [0.2, 0.25) is 0 Å². The van der Waals surface area contributed by atoms with Gasteiger partial charge < -0.3 is 9.84 Å². The zero-order valence-electron chi connectivity index (χ0n) is 21.4. The zero-order chi connectivity index (χ0) is 26.7. The summed E-state index contributed by atoms with van der Waals surface area (Å²) in [6, 6.07) is 12.7. The van der Waals surface area contributed by atoms with Crippen molar-refractivity contribution >= 4 is 39.6 Å². The fraction of sp³-hybridized carbons (Fsp3) is 0.321. The van der Waals surface area contributed by atoms with Crippen LogP contribution in [-0.2, 0) is 14.8 Å². The van der Waals surface area contributed by atoms with E-state index >= 15 is 0 Å². The highest BCUT2D eigenvalue weighted by Gasteiger charge is 2.37. The van der Waals surface area contributed by atoms with Gasteiger partial charge in [-0.25, -0.2) is 8.42 Å². The molecule has 37 heavy (non-hydrogen) atoms. The Morgan fingerprint density at radius 3 is 2.65 bits per heavy atom. The lowest BCUT2D eigenvalue weighted by Gasteiger charge is -2.31. The Labute approximate surface area is 217 Å². The molecule has 0 aliphatic carbocycles. The summed E-state index contributed by atoms with van der Waals surface area (Å²) in [6.07, 6.45) is 4.56. The topological polar surface area (TPSA) is 110 Å². The highest BCUT2D eigenvalue weighted by atomic mass is 32.2. The van der Waals surface area contributed by atoms with Crippen LogP contribution in [0, 0.1) is 26.7 Å². The fourth-order valence-electron chi connectivity index (χ4n) is 4.47. The summed E-state index contributed by atoms with van der Waals surface area (Å²) in [5.41, 5.74) is 4.38. The largest absolute Gasteiger partial charge is 0.355 e. The van der Waals surface area contributed by atoms with Gasteiger partial charge in [-0.3, -0.25) is 9.59 Å². The molecule has 1 fully saturated rings. The van der Waals surface area contributed by atoms with Crippen molar-refractivity contribution in [1.82, 2.24) is 9.46 Å². The number of nitrogens with zero attached hydrogens (tertiary/aromatic N) is 2. The van der Waals surface area contributed by atoms with Crippen LogP contribution in [0.5, 0.6) is 0 Å². The molecule has 0 bridgehead atoms. The standard InChI is InChI=1S/C28H31N3O5S/c1-18-10-11-19(2)22(15-18)12-13-26-27(20(3)30-36-26)37(34,35)31-14-6-8-24(17-31)28(33)29-25-9-5-7-23(16-25)21(4)32/h5,7,9-13,15-16,24H,6,8,14,17H2,1-4H3,(H,29,33)/b13-12+/t24-/m0/s1. The number of sulfonamides is 1. The molecule has 194 valence electrons. The van der Waals surface area contributed by atoms with Crippen LogP contribution in [0.15, 0.2) is 51.9 Å². The number of aromatic nitrogens is 1. The lowest BCUT2D eigenvalue weighted by molar-refractivity contribution is -0.120. The number of amides is 1. The summed E-state index contributed by atoms with van der Waals surface area (Å²) in [6.45, 7) is 7.39. The predicted molar refractivity (Wildman–Crippen MR) is 143 cm³/mol. The van der Waals surface area contributed by atoms with Gasteiger partial charge in [0.05, 0.1) is 5.92 Å². The second-order valence-electron chi connectivity index (χ2n) is 9.48. The van der Waals surface area contributed by atoms with Crippen molar-refractivity contribution in [3.05, 3.63) is 76.2 Å². The number of hydrogen-bond acceptors (Lipinski definition) is 6. The van der Waals surface area contributed by atoms with E-state index in [0.717, 1.165) is 16.7 Å². The Kier molecular flexibility index (Phi) is 7.75. The zero-order valence-corrected chi connectivity index (χ0v) is 22.3. The van der Waals surface area contributed by atoms with E-state index in [0.29, 0.717) is 30.6 Å². The SMILES string of the molecule is CC(=O)c1cccc(NC(=O)[C@H]2CCCN(S(=O)(=O)c3c(C)noc3/C=C/c3cc(C)ccc3C)C2)c1. The average Bonchev–Trinajstić information content (AvgIpc) is 3.25. The van der Waals surface area contributed by atoms with E-state index in [9.17, 15) is 18.0 Å². The normalized spacial score (nSPS) is 16.7. The number of hydrogen-bond donors (Lipinski definition) is 1. The molecule has 1 N–H and O–H groups in total. The molecular weight excluding hydrogens is 490 g/mol. The van der Waals surface area contributed by atoms with E-state index in [-0.39, 0.29) is 34.6 Å². The maximum atomic E-state index is 13.7. The van der Waals surface area contributed by atoms with Gasteiger partial charge in [0, 0.05) is 24.3 Å². The minimum Gasteiger partial charge on any atom is -0.355 e. The molecule has 1 atom stereocenters. The van der Waals surface area contributed by atoms with Gasteiger partial charge in [0.15, 0.2) is 16.4 Å². The summed E-state index contributed by atoms with van der Waals surface area (Å²) in [7, 11) is -3.96. The van der Waals surface area contributed by atoms with Gasteiger partial charge in [0.25, 0.3) is 0 Å². The van der Waals surface area contributed by atoms with Crippen molar-refractivity contribution in [3.63, 3.8) is 0 Å². The maximum Gasteiger partial charge on any atom is 0.248 e. The first-order valence-electron chi connectivity index (χ1n) is 12.2. The molecule has 1 aromatic heterocycles. The van der Waals surface area contributed by atoms with Gasteiger partial charge in [-0.05, 0) is 69.9 Å². The number of anilines is 1. The molecule has 0 saturated carbocycles. The maximum absolute atomic E-state index is 13.7. The Morgan fingerprint density at radius 2 is 1.89 bits per heavy atom. The third-order valence-electron chi connectivity index (χ3n) is 6.57. The van der Waals surface area contributed by atoms with Crippen molar-refractivity contribution in [2.45, 2.75) is 45.4 Å². The molecule has 0 unspecified atom stereocenters. The molecule has 0 radical (unpaired) electrons. The Hall–Kier alpha value is -3.56. The van der Waals surface area contributed by atoms with Crippen LogP contribution in [-0.4, -0.2) is 42.7 Å². The second kappa shape index (κ2) is 10.8. The smallest absolute Gasteiger partial charge is 0.248 e. The molecule has 1 aliphatic heterocycles. The first-order valence-corrected chi connectivity index (χ1v) is 13.6. The highest BCUT2D eigenvalue weighted by Crippen LogP contribution is 2.30. The fourth-order valence-corrected chi connectivity index (χ4v) is 6.24. The number of nitrogens with one attached hydrogen (secondary N) is 1. The Bertz CT molecular complexity index is 1470. The highest BCUT2D eigenvalue weighted by molar-refractivity contribution is 7.89. The van der Waals surface area contributed by atoms with Crippen LogP contribution in [0.25, 0.3) is 12.2 Å². The van der Waals surface area contributed by atoms with E-state index < -0.39 is 15.9 Å². The molecule has 8 nitrogen and oxygen atoms in total. The first kappa shape index (κ1) is 26.5. The lowest BCUT2D eigenvalue weighted by atomic mass is 9.98.